The summed E-state index contributed by atoms with van der Waals surface area (Å²) in [5.74, 6) is 0. The van der Waals surface area contributed by atoms with Gasteiger partial charge in [-0.3, -0.25) is 0 Å². The second-order valence-electron chi connectivity index (χ2n) is 3.34. The van der Waals surface area contributed by atoms with Crippen LogP contribution >= 0.6 is 12.2 Å². The summed E-state index contributed by atoms with van der Waals surface area (Å²) in [6.45, 7) is 0.651. The van der Waals surface area contributed by atoms with Crippen LogP contribution in [0.4, 0.5) is 0 Å². The van der Waals surface area contributed by atoms with Crippen molar-refractivity contribution in [1.29, 1.82) is 0 Å². The first-order valence-electron chi connectivity index (χ1n) is 4.62. The number of nitrogens with two attached hydrogens (primary N) is 1. The van der Waals surface area contributed by atoms with Gasteiger partial charge in [0, 0.05) is 17.8 Å². The highest BCUT2D eigenvalue weighted by Gasteiger charge is 2.15. The van der Waals surface area contributed by atoms with Gasteiger partial charge in [0.15, 0.2) is 4.77 Å². The molecule has 70 valence electrons. The minimum Gasteiger partial charge on any atom is -0.334 e. The summed E-state index contributed by atoms with van der Waals surface area (Å²) >= 11 is 5.05. The van der Waals surface area contributed by atoms with Gasteiger partial charge in [0.05, 0.1) is 0 Å². The van der Waals surface area contributed by atoms with E-state index in [0.717, 1.165) is 25.0 Å². The second-order valence-corrected chi connectivity index (χ2v) is 3.72. The third-order valence-corrected chi connectivity index (χ3v) is 2.63. The molecule has 0 amide bonds. The van der Waals surface area contributed by atoms with E-state index >= 15 is 0 Å². The Labute approximate surface area is 82.4 Å². The Morgan fingerprint density at radius 3 is 3.08 bits per heavy atom. The molecule has 0 saturated carbocycles. The predicted octanol–water partition coefficient (Wildman–Crippen LogP) is 1.13. The van der Waals surface area contributed by atoms with Crippen molar-refractivity contribution in [3.63, 3.8) is 0 Å². The van der Waals surface area contributed by atoms with Gasteiger partial charge < -0.3 is 10.7 Å². The number of aromatic nitrogens is 2. The summed E-state index contributed by atoms with van der Waals surface area (Å²) in [4.78, 5) is 7.46. The van der Waals surface area contributed by atoms with Crippen LogP contribution < -0.4 is 5.73 Å². The summed E-state index contributed by atoms with van der Waals surface area (Å²) < 4.78 is 0.601. The zero-order chi connectivity index (χ0) is 9.26. The van der Waals surface area contributed by atoms with E-state index in [4.69, 9.17) is 18.0 Å². The monoisotopic (exact) mass is 195 g/mol. The fourth-order valence-electron chi connectivity index (χ4n) is 1.89. The van der Waals surface area contributed by atoms with Crippen LogP contribution in [0.2, 0.25) is 0 Å². The first-order valence-corrected chi connectivity index (χ1v) is 5.03. The Kier molecular flexibility index (Phi) is 2.42. The van der Waals surface area contributed by atoms with Crippen molar-refractivity contribution < 1.29 is 0 Å². The van der Waals surface area contributed by atoms with Crippen LogP contribution in [0.5, 0.6) is 0 Å². The van der Waals surface area contributed by atoms with Crippen molar-refractivity contribution >= 4 is 12.2 Å². The van der Waals surface area contributed by atoms with Gasteiger partial charge in [-0.15, -0.1) is 0 Å². The summed E-state index contributed by atoms with van der Waals surface area (Å²) in [5.41, 5.74) is 9.27. The molecule has 0 bridgehead atoms. The number of aromatic amines is 1. The molecule has 3 N–H and O–H groups in total. The highest BCUT2D eigenvalue weighted by molar-refractivity contribution is 7.71. The van der Waals surface area contributed by atoms with Gasteiger partial charge in [-0.2, -0.15) is 0 Å². The van der Waals surface area contributed by atoms with E-state index in [1.54, 1.807) is 0 Å². The number of hydrogen-bond donors (Lipinski definition) is 2. The van der Waals surface area contributed by atoms with Crippen molar-refractivity contribution in [2.24, 2.45) is 5.73 Å². The predicted molar refractivity (Wildman–Crippen MR) is 54.2 cm³/mol. The maximum absolute atomic E-state index is 5.52. The lowest BCUT2D eigenvalue weighted by molar-refractivity contribution is 0.869. The van der Waals surface area contributed by atoms with Crippen LogP contribution in [-0.4, -0.2) is 16.5 Å². The molecule has 3 nitrogen and oxygen atoms in total. The standard InChI is InChI=1S/C9H13N3S/c10-5-4-8-6-2-1-3-7(6)11-9(13)12-8/h1-5,10H2,(H,11,12,13). The molecule has 0 aromatic carbocycles. The molecular weight excluding hydrogens is 182 g/mol. The molecule has 0 fully saturated rings. The summed E-state index contributed by atoms with van der Waals surface area (Å²) in [7, 11) is 0. The summed E-state index contributed by atoms with van der Waals surface area (Å²) in [5, 5.41) is 0. The Bertz CT molecular complexity index is 370. The van der Waals surface area contributed by atoms with Gasteiger partial charge in [-0.05, 0) is 43.6 Å². The number of nitrogens with zero attached hydrogens (tertiary/aromatic N) is 1. The number of rotatable bonds is 2. The number of fused-ring (bicyclic) bond motifs is 1. The molecular formula is C9H13N3S. The lowest BCUT2D eigenvalue weighted by atomic mass is 10.1. The van der Waals surface area contributed by atoms with Gasteiger partial charge in [-0.1, -0.05) is 0 Å². The number of H-pyrrole nitrogens is 1. The third kappa shape index (κ3) is 1.64. The molecule has 1 aliphatic carbocycles. The molecule has 1 aromatic heterocycles. The van der Waals surface area contributed by atoms with Gasteiger partial charge in [0.1, 0.15) is 0 Å². The molecule has 0 atom stereocenters. The van der Waals surface area contributed by atoms with E-state index in [0.29, 0.717) is 11.3 Å². The van der Waals surface area contributed by atoms with E-state index in [-0.39, 0.29) is 0 Å². The van der Waals surface area contributed by atoms with Crippen molar-refractivity contribution in [1.82, 2.24) is 9.97 Å². The Balaban J connectivity index is 2.49. The maximum Gasteiger partial charge on any atom is 0.197 e. The normalized spacial score (nSPS) is 14.5. The first kappa shape index (κ1) is 8.84. The van der Waals surface area contributed by atoms with E-state index in [9.17, 15) is 0 Å². The van der Waals surface area contributed by atoms with Crippen LogP contribution in [0.1, 0.15) is 23.4 Å². The van der Waals surface area contributed by atoms with Crippen LogP contribution in [0.25, 0.3) is 0 Å². The van der Waals surface area contributed by atoms with Crippen molar-refractivity contribution in [3.8, 4) is 0 Å². The maximum atomic E-state index is 5.52. The molecule has 0 saturated heterocycles. The average molecular weight is 195 g/mol. The molecule has 1 aromatic rings. The third-order valence-electron chi connectivity index (χ3n) is 2.44. The minimum absolute atomic E-state index is 0.601. The van der Waals surface area contributed by atoms with Crippen LogP contribution in [-0.2, 0) is 19.3 Å². The average Bonchev–Trinajstić information content (AvgIpc) is 2.52. The molecule has 1 heterocycles. The quantitative estimate of drug-likeness (QED) is 0.695. The van der Waals surface area contributed by atoms with Crippen LogP contribution in [0.3, 0.4) is 0 Å². The van der Waals surface area contributed by atoms with E-state index < -0.39 is 0 Å². The molecule has 0 unspecified atom stereocenters. The topological polar surface area (TPSA) is 54.7 Å². The van der Waals surface area contributed by atoms with Crippen LogP contribution in [0.15, 0.2) is 0 Å². The second kappa shape index (κ2) is 3.55. The van der Waals surface area contributed by atoms with E-state index in [1.165, 1.54) is 17.7 Å². The number of hydrogen-bond acceptors (Lipinski definition) is 3. The summed E-state index contributed by atoms with van der Waals surface area (Å²) in [6.07, 6.45) is 4.30. The highest BCUT2D eigenvalue weighted by Crippen LogP contribution is 2.22. The molecule has 0 aliphatic heterocycles. The Morgan fingerprint density at radius 1 is 1.46 bits per heavy atom. The fraction of sp³-hybridized carbons (Fsp3) is 0.556. The lowest BCUT2D eigenvalue weighted by Crippen LogP contribution is -2.08. The van der Waals surface area contributed by atoms with Crippen LogP contribution in [0, 0.1) is 4.77 Å². The molecule has 4 heteroatoms. The Hall–Kier alpha value is -0.740. The highest BCUT2D eigenvalue weighted by atomic mass is 32.1. The van der Waals surface area contributed by atoms with E-state index in [2.05, 4.69) is 9.97 Å². The zero-order valence-electron chi connectivity index (χ0n) is 7.47. The lowest BCUT2D eigenvalue weighted by Gasteiger charge is -2.05. The van der Waals surface area contributed by atoms with Gasteiger partial charge in [0.25, 0.3) is 0 Å². The molecule has 0 spiro atoms. The van der Waals surface area contributed by atoms with E-state index in [1.807, 2.05) is 0 Å². The van der Waals surface area contributed by atoms with Gasteiger partial charge in [0.2, 0.25) is 0 Å². The van der Waals surface area contributed by atoms with Gasteiger partial charge >= 0.3 is 0 Å². The van der Waals surface area contributed by atoms with Gasteiger partial charge in [-0.25, -0.2) is 4.98 Å². The minimum atomic E-state index is 0.601. The summed E-state index contributed by atoms with van der Waals surface area (Å²) in [6, 6.07) is 0. The number of nitrogens with one attached hydrogen (secondary N) is 1. The first-order chi connectivity index (χ1) is 6.31. The fourth-order valence-corrected chi connectivity index (χ4v) is 2.12. The molecule has 1 aliphatic rings. The number of aryl methyl sites for hydroxylation is 1. The molecule has 0 radical (unpaired) electrons. The molecule has 2 rings (SSSR count). The zero-order valence-corrected chi connectivity index (χ0v) is 8.28. The van der Waals surface area contributed by atoms with Crippen molar-refractivity contribution in [2.45, 2.75) is 25.7 Å². The SMILES string of the molecule is NCCc1nc(=S)[nH]c2c1CCC2. The Morgan fingerprint density at radius 2 is 2.31 bits per heavy atom. The van der Waals surface area contributed by atoms with Crippen molar-refractivity contribution in [3.05, 3.63) is 21.7 Å². The smallest absolute Gasteiger partial charge is 0.197 e. The largest absolute Gasteiger partial charge is 0.334 e. The van der Waals surface area contributed by atoms with Crippen molar-refractivity contribution in [2.75, 3.05) is 6.54 Å². The molecule has 13 heavy (non-hydrogen) atoms.